The third kappa shape index (κ3) is 5.05. The van der Waals surface area contributed by atoms with Crippen LogP contribution >= 0.6 is 11.6 Å². The summed E-state index contributed by atoms with van der Waals surface area (Å²) in [5, 5.41) is 0.282. The maximum absolute atomic E-state index is 13.0. The lowest BCUT2D eigenvalue weighted by Gasteiger charge is -2.38. The van der Waals surface area contributed by atoms with Gasteiger partial charge in [-0.05, 0) is 44.5 Å². The minimum Gasteiger partial charge on any atom is -0.492 e. The number of carbonyl (C=O) groups is 1. The van der Waals surface area contributed by atoms with Gasteiger partial charge in [0.05, 0.1) is 16.5 Å². The van der Waals surface area contributed by atoms with Gasteiger partial charge in [0.1, 0.15) is 5.75 Å². The van der Waals surface area contributed by atoms with Crippen LogP contribution in [0.5, 0.6) is 5.75 Å². The summed E-state index contributed by atoms with van der Waals surface area (Å²) >= 11 is 6.16. The summed E-state index contributed by atoms with van der Waals surface area (Å²) < 4.78 is 32.8. The van der Waals surface area contributed by atoms with Gasteiger partial charge in [0.2, 0.25) is 15.9 Å². The zero-order valence-electron chi connectivity index (χ0n) is 17.1. The van der Waals surface area contributed by atoms with E-state index in [2.05, 4.69) is 11.8 Å². The number of hydrogen-bond acceptors (Lipinski definition) is 5. The molecule has 2 heterocycles. The molecule has 0 bridgehead atoms. The fourth-order valence-electron chi connectivity index (χ4n) is 3.95. The van der Waals surface area contributed by atoms with E-state index < -0.39 is 10.0 Å². The molecular weight excluding hydrogens is 414 g/mol. The molecule has 3 rings (SSSR count). The van der Waals surface area contributed by atoms with Crippen LogP contribution in [0, 0.1) is 5.92 Å². The molecule has 1 aromatic rings. The predicted molar refractivity (Wildman–Crippen MR) is 113 cm³/mol. The van der Waals surface area contributed by atoms with E-state index >= 15 is 0 Å². The van der Waals surface area contributed by atoms with Crippen molar-refractivity contribution < 1.29 is 17.9 Å². The maximum atomic E-state index is 13.0. The number of piperazine rings is 1. The minimum absolute atomic E-state index is 0.0986. The van der Waals surface area contributed by atoms with E-state index in [1.807, 2.05) is 11.8 Å². The molecule has 0 unspecified atom stereocenters. The third-order valence-electron chi connectivity index (χ3n) is 5.78. The Balaban J connectivity index is 1.59. The molecule has 29 heavy (non-hydrogen) atoms. The minimum atomic E-state index is -3.64. The second-order valence-electron chi connectivity index (χ2n) is 7.46. The van der Waals surface area contributed by atoms with Crippen molar-refractivity contribution in [2.45, 2.75) is 31.6 Å². The van der Waals surface area contributed by atoms with Crippen LogP contribution in [0.15, 0.2) is 23.1 Å². The van der Waals surface area contributed by atoms with E-state index in [4.69, 9.17) is 16.3 Å². The number of piperidine rings is 1. The molecule has 0 atom stereocenters. The van der Waals surface area contributed by atoms with Crippen molar-refractivity contribution in [2.75, 3.05) is 52.4 Å². The highest BCUT2D eigenvalue weighted by atomic mass is 35.5. The van der Waals surface area contributed by atoms with E-state index in [9.17, 15) is 13.2 Å². The summed E-state index contributed by atoms with van der Waals surface area (Å²) in [4.78, 5) is 17.3. The number of likely N-dealkylation sites (N-methyl/N-ethyl adjacent to an activating group) is 1. The van der Waals surface area contributed by atoms with Gasteiger partial charge < -0.3 is 14.5 Å². The van der Waals surface area contributed by atoms with Crippen molar-refractivity contribution in [2.24, 2.45) is 5.92 Å². The predicted octanol–water partition coefficient (Wildman–Crippen LogP) is 2.30. The van der Waals surface area contributed by atoms with Gasteiger partial charge in [-0.2, -0.15) is 4.31 Å². The number of rotatable bonds is 6. The standard InChI is InChI=1S/C20H30ClN3O4S/c1-3-22-11-13-23(14-12-22)20(25)16-7-9-24(10-8-16)29(26,27)17-5-6-19(28-4-2)18(21)15-17/h5-6,15-16H,3-4,7-14H2,1-2H3. The number of hydrogen-bond donors (Lipinski definition) is 0. The Bertz CT molecular complexity index is 817. The van der Waals surface area contributed by atoms with Crippen LogP contribution < -0.4 is 4.74 Å². The highest BCUT2D eigenvalue weighted by Crippen LogP contribution is 2.30. The molecule has 0 spiro atoms. The monoisotopic (exact) mass is 443 g/mol. The number of benzene rings is 1. The topological polar surface area (TPSA) is 70.2 Å². The molecule has 0 aromatic heterocycles. The number of sulfonamides is 1. The summed E-state index contributed by atoms with van der Waals surface area (Å²) in [6, 6.07) is 4.55. The molecule has 2 saturated heterocycles. The van der Waals surface area contributed by atoms with Gasteiger partial charge in [0.25, 0.3) is 0 Å². The molecule has 0 radical (unpaired) electrons. The number of ether oxygens (including phenoxy) is 1. The molecule has 7 nitrogen and oxygen atoms in total. The Hall–Kier alpha value is -1.35. The molecular formula is C20H30ClN3O4S. The Morgan fingerprint density at radius 2 is 1.76 bits per heavy atom. The van der Waals surface area contributed by atoms with Crippen molar-refractivity contribution in [3.05, 3.63) is 23.2 Å². The summed E-state index contributed by atoms with van der Waals surface area (Å²) in [6.45, 7) is 9.47. The maximum Gasteiger partial charge on any atom is 0.243 e. The van der Waals surface area contributed by atoms with Crippen molar-refractivity contribution in [1.29, 1.82) is 0 Å². The Kier molecular flexibility index (Phi) is 7.42. The van der Waals surface area contributed by atoms with Crippen LogP contribution in [0.2, 0.25) is 5.02 Å². The van der Waals surface area contributed by atoms with Crippen LogP contribution in [0.1, 0.15) is 26.7 Å². The van der Waals surface area contributed by atoms with Crippen molar-refractivity contribution in [3.63, 3.8) is 0 Å². The summed E-state index contributed by atoms with van der Waals surface area (Å²) in [6.07, 6.45) is 1.10. The molecule has 0 saturated carbocycles. The van der Waals surface area contributed by atoms with E-state index in [1.165, 1.54) is 16.4 Å². The number of carbonyl (C=O) groups excluding carboxylic acids is 1. The Morgan fingerprint density at radius 1 is 1.10 bits per heavy atom. The number of halogens is 1. The molecule has 2 aliphatic heterocycles. The van der Waals surface area contributed by atoms with Gasteiger partial charge >= 0.3 is 0 Å². The smallest absolute Gasteiger partial charge is 0.243 e. The fourth-order valence-corrected chi connectivity index (χ4v) is 5.75. The van der Waals surface area contributed by atoms with Crippen LogP contribution in [0.25, 0.3) is 0 Å². The zero-order chi connectivity index (χ0) is 21.0. The van der Waals surface area contributed by atoms with E-state index in [1.54, 1.807) is 6.07 Å². The average molecular weight is 444 g/mol. The molecule has 0 aliphatic carbocycles. The molecule has 2 aliphatic rings. The van der Waals surface area contributed by atoms with Gasteiger partial charge in [0, 0.05) is 45.2 Å². The molecule has 1 aromatic carbocycles. The first-order chi connectivity index (χ1) is 13.9. The van der Waals surface area contributed by atoms with Crippen LogP contribution in [0.3, 0.4) is 0 Å². The quantitative estimate of drug-likeness (QED) is 0.674. The van der Waals surface area contributed by atoms with Crippen molar-refractivity contribution >= 4 is 27.5 Å². The normalized spacial score (nSPS) is 20.0. The molecule has 9 heteroatoms. The van der Waals surface area contributed by atoms with Gasteiger partial charge in [-0.15, -0.1) is 0 Å². The van der Waals surface area contributed by atoms with E-state index in [0.717, 1.165) is 32.7 Å². The number of nitrogens with zero attached hydrogens (tertiary/aromatic N) is 3. The highest BCUT2D eigenvalue weighted by Gasteiger charge is 2.34. The van der Waals surface area contributed by atoms with Gasteiger partial charge in [-0.3, -0.25) is 4.79 Å². The van der Waals surface area contributed by atoms with Crippen LogP contribution in [-0.2, 0) is 14.8 Å². The number of amides is 1. The Morgan fingerprint density at radius 3 is 2.31 bits per heavy atom. The van der Waals surface area contributed by atoms with Crippen LogP contribution in [0.4, 0.5) is 0 Å². The first-order valence-electron chi connectivity index (χ1n) is 10.3. The highest BCUT2D eigenvalue weighted by molar-refractivity contribution is 7.89. The fraction of sp³-hybridized carbons (Fsp3) is 0.650. The largest absolute Gasteiger partial charge is 0.492 e. The molecule has 0 N–H and O–H groups in total. The molecule has 1 amide bonds. The first kappa shape index (κ1) is 22.3. The van der Waals surface area contributed by atoms with Gasteiger partial charge in [0.15, 0.2) is 0 Å². The van der Waals surface area contributed by atoms with E-state index in [-0.39, 0.29) is 21.7 Å². The van der Waals surface area contributed by atoms with Gasteiger partial charge in [-0.25, -0.2) is 8.42 Å². The summed E-state index contributed by atoms with van der Waals surface area (Å²) in [7, 11) is -3.64. The average Bonchev–Trinajstić information content (AvgIpc) is 2.75. The Labute approximate surface area is 178 Å². The van der Waals surface area contributed by atoms with Gasteiger partial charge in [-0.1, -0.05) is 18.5 Å². The molecule has 162 valence electrons. The molecule has 2 fully saturated rings. The first-order valence-corrected chi connectivity index (χ1v) is 12.1. The van der Waals surface area contributed by atoms with Crippen molar-refractivity contribution in [1.82, 2.24) is 14.1 Å². The lowest BCUT2D eigenvalue weighted by Crippen LogP contribution is -2.51. The second-order valence-corrected chi connectivity index (χ2v) is 9.81. The van der Waals surface area contributed by atoms with Crippen molar-refractivity contribution in [3.8, 4) is 5.75 Å². The second kappa shape index (κ2) is 9.64. The third-order valence-corrected chi connectivity index (χ3v) is 7.97. The summed E-state index contributed by atoms with van der Waals surface area (Å²) in [5.41, 5.74) is 0. The summed E-state index contributed by atoms with van der Waals surface area (Å²) in [5.74, 6) is 0.543. The van der Waals surface area contributed by atoms with Crippen LogP contribution in [-0.4, -0.2) is 80.9 Å². The SMILES string of the molecule is CCOc1ccc(S(=O)(=O)N2CCC(C(=O)N3CCN(CC)CC3)CC2)cc1Cl. The zero-order valence-corrected chi connectivity index (χ0v) is 18.7. The lowest BCUT2D eigenvalue weighted by atomic mass is 9.96. The van der Waals surface area contributed by atoms with E-state index in [0.29, 0.717) is 38.3 Å². The lowest BCUT2D eigenvalue weighted by molar-refractivity contribution is -0.138.